The monoisotopic (exact) mass is 262 g/mol. The Hall–Kier alpha value is -1.72. The van der Waals surface area contributed by atoms with Crippen molar-refractivity contribution in [3.63, 3.8) is 0 Å². The summed E-state index contributed by atoms with van der Waals surface area (Å²) in [6.07, 6.45) is 5.45. The average Bonchev–Trinajstić information content (AvgIpc) is 2.87. The molecule has 0 radical (unpaired) electrons. The van der Waals surface area contributed by atoms with E-state index < -0.39 is 0 Å². The first-order valence-corrected chi connectivity index (χ1v) is 6.46. The van der Waals surface area contributed by atoms with Crippen LogP contribution in [0.3, 0.4) is 0 Å². The van der Waals surface area contributed by atoms with Gasteiger partial charge in [-0.05, 0) is 30.5 Å². The number of imidazole rings is 1. The lowest BCUT2D eigenvalue weighted by Crippen LogP contribution is -2.31. The van der Waals surface area contributed by atoms with Crippen molar-refractivity contribution < 1.29 is 4.39 Å². The van der Waals surface area contributed by atoms with E-state index in [-0.39, 0.29) is 11.9 Å². The van der Waals surface area contributed by atoms with Crippen molar-refractivity contribution in [2.45, 2.75) is 32.4 Å². The molecule has 0 saturated carbocycles. The minimum atomic E-state index is -0.228. The molecule has 0 amide bonds. The van der Waals surface area contributed by atoms with Gasteiger partial charge >= 0.3 is 0 Å². The van der Waals surface area contributed by atoms with E-state index in [0.29, 0.717) is 6.42 Å². The van der Waals surface area contributed by atoms with Crippen LogP contribution in [0.4, 0.5) is 4.39 Å². The van der Waals surface area contributed by atoms with Gasteiger partial charge in [-0.2, -0.15) is 0 Å². The molecular weight excluding hydrogens is 243 g/mol. The summed E-state index contributed by atoms with van der Waals surface area (Å²) >= 11 is 0. The summed E-state index contributed by atoms with van der Waals surface area (Å²) in [5.41, 5.74) is 3.81. The molecule has 0 bridgehead atoms. The number of nitrogens with one attached hydrogen (secondary N) is 1. The highest BCUT2D eigenvalue weighted by molar-refractivity contribution is 5.18. The van der Waals surface area contributed by atoms with Gasteiger partial charge in [0.15, 0.2) is 0 Å². The Morgan fingerprint density at radius 2 is 2.11 bits per heavy atom. The lowest BCUT2D eigenvalue weighted by atomic mass is 10.1. The normalized spacial score (nSPS) is 12.6. The summed E-state index contributed by atoms with van der Waals surface area (Å²) in [5.74, 6) is 6.31. The number of hydrazine groups is 1. The van der Waals surface area contributed by atoms with Crippen LogP contribution >= 0.6 is 0 Å². The molecule has 0 aliphatic rings. The maximum absolute atomic E-state index is 12.9. The van der Waals surface area contributed by atoms with E-state index in [9.17, 15) is 4.39 Å². The molecular formula is C14H19FN4. The summed E-state index contributed by atoms with van der Waals surface area (Å²) in [6, 6.07) is 6.38. The molecule has 5 heteroatoms. The molecule has 4 nitrogen and oxygen atoms in total. The molecule has 1 atom stereocenters. The fourth-order valence-corrected chi connectivity index (χ4v) is 2.14. The lowest BCUT2D eigenvalue weighted by molar-refractivity contribution is 0.487. The number of benzene rings is 1. The number of halogens is 1. The highest BCUT2D eigenvalue weighted by atomic mass is 19.1. The van der Waals surface area contributed by atoms with Crippen molar-refractivity contribution in [3.8, 4) is 0 Å². The number of rotatable bonds is 6. The predicted molar refractivity (Wildman–Crippen MR) is 72.7 cm³/mol. The molecule has 2 aromatic rings. The Labute approximate surface area is 112 Å². The number of hydrogen-bond acceptors (Lipinski definition) is 3. The molecule has 1 aromatic heterocycles. The molecule has 0 spiro atoms. The van der Waals surface area contributed by atoms with E-state index in [1.807, 2.05) is 6.20 Å². The van der Waals surface area contributed by atoms with Crippen LogP contribution in [0.5, 0.6) is 0 Å². The first-order valence-electron chi connectivity index (χ1n) is 6.46. The van der Waals surface area contributed by atoms with Crippen LogP contribution in [0, 0.1) is 5.82 Å². The largest absolute Gasteiger partial charge is 0.334 e. The molecule has 102 valence electrons. The van der Waals surface area contributed by atoms with Gasteiger partial charge in [0.1, 0.15) is 11.6 Å². The molecule has 0 saturated heterocycles. The van der Waals surface area contributed by atoms with Crippen molar-refractivity contribution in [1.82, 2.24) is 15.0 Å². The van der Waals surface area contributed by atoms with Gasteiger partial charge in [-0.25, -0.2) is 14.8 Å². The summed E-state index contributed by atoms with van der Waals surface area (Å²) in [5, 5.41) is 0. The predicted octanol–water partition coefficient (Wildman–Crippen LogP) is 2.18. The summed E-state index contributed by atoms with van der Waals surface area (Å²) < 4.78 is 15.0. The van der Waals surface area contributed by atoms with E-state index in [1.165, 1.54) is 12.1 Å². The van der Waals surface area contributed by atoms with Gasteiger partial charge < -0.3 is 4.57 Å². The third-order valence-electron chi connectivity index (χ3n) is 3.08. The third-order valence-corrected chi connectivity index (χ3v) is 3.08. The number of hydrogen-bond donors (Lipinski definition) is 2. The Morgan fingerprint density at radius 3 is 2.74 bits per heavy atom. The maximum atomic E-state index is 12.9. The zero-order valence-corrected chi connectivity index (χ0v) is 11.0. The van der Waals surface area contributed by atoms with Crippen molar-refractivity contribution in [1.29, 1.82) is 0 Å². The smallest absolute Gasteiger partial charge is 0.127 e. The molecule has 0 aliphatic heterocycles. The average molecular weight is 262 g/mol. The Morgan fingerprint density at radius 1 is 1.37 bits per heavy atom. The molecule has 3 N–H and O–H groups in total. The van der Waals surface area contributed by atoms with Gasteiger partial charge in [0, 0.05) is 18.9 Å². The number of aromatic nitrogens is 2. The fourth-order valence-electron chi connectivity index (χ4n) is 2.14. The SMILES string of the molecule is CCCn1ccnc1C(Cc1ccc(F)cc1)NN. The van der Waals surface area contributed by atoms with Gasteiger partial charge in [0.25, 0.3) is 0 Å². The maximum Gasteiger partial charge on any atom is 0.127 e. The van der Waals surface area contributed by atoms with E-state index >= 15 is 0 Å². The van der Waals surface area contributed by atoms with Crippen LogP contribution in [-0.2, 0) is 13.0 Å². The Bertz CT molecular complexity index is 506. The standard InChI is InChI=1S/C14H19FN4/c1-2-8-19-9-7-17-14(19)13(18-16)10-11-3-5-12(15)6-4-11/h3-7,9,13,18H,2,8,10,16H2,1H3. The van der Waals surface area contributed by atoms with Gasteiger partial charge in [0.2, 0.25) is 0 Å². The first kappa shape index (κ1) is 13.7. The zero-order valence-electron chi connectivity index (χ0n) is 11.0. The first-order chi connectivity index (χ1) is 9.24. The third kappa shape index (κ3) is 3.39. The molecule has 1 aromatic carbocycles. The van der Waals surface area contributed by atoms with Crippen LogP contribution in [0.1, 0.15) is 30.8 Å². The van der Waals surface area contributed by atoms with E-state index in [0.717, 1.165) is 24.4 Å². The summed E-state index contributed by atoms with van der Waals surface area (Å²) in [7, 11) is 0. The molecule has 1 heterocycles. The van der Waals surface area contributed by atoms with Crippen LogP contribution in [-0.4, -0.2) is 9.55 Å². The Balaban J connectivity index is 2.15. The highest BCUT2D eigenvalue weighted by Crippen LogP contribution is 2.17. The Kier molecular flexibility index (Phi) is 4.65. The fraction of sp³-hybridized carbons (Fsp3) is 0.357. The van der Waals surface area contributed by atoms with E-state index in [1.54, 1.807) is 18.3 Å². The van der Waals surface area contributed by atoms with Crippen LogP contribution in [0.25, 0.3) is 0 Å². The topological polar surface area (TPSA) is 55.9 Å². The zero-order chi connectivity index (χ0) is 13.7. The van der Waals surface area contributed by atoms with Crippen LogP contribution < -0.4 is 11.3 Å². The molecule has 1 unspecified atom stereocenters. The van der Waals surface area contributed by atoms with Gasteiger partial charge in [-0.15, -0.1) is 0 Å². The minimum Gasteiger partial charge on any atom is -0.334 e. The highest BCUT2D eigenvalue weighted by Gasteiger charge is 2.15. The minimum absolute atomic E-state index is 0.0768. The molecule has 0 fully saturated rings. The van der Waals surface area contributed by atoms with Crippen molar-refractivity contribution in [3.05, 3.63) is 53.9 Å². The molecule has 2 rings (SSSR count). The molecule has 19 heavy (non-hydrogen) atoms. The van der Waals surface area contributed by atoms with Crippen molar-refractivity contribution >= 4 is 0 Å². The number of aryl methyl sites for hydroxylation is 1. The van der Waals surface area contributed by atoms with Gasteiger partial charge in [-0.3, -0.25) is 5.84 Å². The van der Waals surface area contributed by atoms with Gasteiger partial charge in [0.05, 0.1) is 6.04 Å². The molecule has 0 aliphatic carbocycles. The van der Waals surface area contributed by atoms with Gasteiger partial charge in [-0.1, -0.05) is 19.1 Å². The second-order valence-corrected chi connectivity index (χ2v) is 4.53. The summed E-state index contributed by atoms with van der Waals surface area (Å²) in [6.45, 7) is 3.03. The van der Waals surface area contributed by atoms with Crippen molar-refractivity contribution in [2.75, 3.05) is 0 Å². The quantitative estimate of drug-likeness (QED) is 0.619. The second kappa shape index (κ2) is 6.45. The van der Waals surface area contributed by atoms with Crippen LogP contribution in [0.15, 0.2) is 36.7 Å². The van der Waals surface area contributed by atoms with Crippen molar-refractivity contribution in [2.24, 2.45) is 5.84 Å². The van der Waals surface area contributed by atoms with Crippen LogP contribution in [0.2, 0.25) is 0 Å². The van der Waals surface area contributed by atoms with E-state index in [2.05, 4.69) is 21.9 Å². The second-order valence-electron chi connectivity index (χ2n) is 4.53. The van der Waals surface area contributed by atoms with E-state index in [4.69, 9.17) is 5.84 Å². The number of nitrogens with zero attached hydrogens (tertiary/aromatic N) is 2. The number of nitrogens with two attached hydrogens (primary N) is 1. The lowest BCUT2D eigenvalue weighted by Gasteiger charge is -2.17. The summed E-state index contributed by atoms with van der Waals surface area (Å²) in [4.78, 5) is 4.37.